The Hall–Kier alpha value is -1.66. The van der Waals surface area contributed by atoms with Gasteiger partial charge in [0.1, 0.15) is 5.82 Å². The first-order valence-electron chi connectivity index (χ1n) is 9.62. The first-order chi connectivity index (χ1) is 12.5. The van der Waals surface area contributed by atoms with Gasteiger partial charge in [-0.05, 0) is 30.2 Å². The third kappa shape index (κ3) is 6.57. The van der Waals surface area contributed by atoms with Crippen LogP contribution in [0.15, 0.2) is 29.3 Å². The van der Waals surface area contributed by atoms with Gasteiger partial charge in [-0.2, -0.15) is 0 Å². The van der Waals surface area contributed by atoms with Gasteiger partial charge >= 0.3 is 0 Å². The topological polar surface area (TPSA) is 34.1 Å². The summed E-state index contributed by atoms with van der Waals surface area (Å²) in [4.78, 5) is 11.5. The molecular weight excluding hydrogens is 329 g/mol. The zero-order chi connectivity index (χ0) is 18.9. The van der Waals surface area contributed by atoms with E-state index in [1.807, 2.05) is 19.2 Å². The number of guanidine groups is 1. The minimum Gasteiger partial charge on any atom is -0.356 e. The molecule has 1 atom stereocenters. The normalized spacial score (nSPS) is 18.0. The fourth-order valence-electron chi connectivity index (χ4n) is 3.38. The lowest BCUT2D eigenvalue weighted by Crippen LogP contribution is -2.48. The summed E-state index contributed by atoms with van der Waals surface area (Å²) in [5.41, 5.74) is 1.07. The number of aliphatic imine (C=N–C) groups is 1. The second-order valence-electron chi connectivity index (χ2n) is 7.25. The number of nitrogens with one attached hydrogen (secondary N) is 1. The molecule has 1 aromatic rings. The first kappa shape index (κ1) is 20.6. The van der Waals surface area contributed by atoms with E-state index in [0.29, 0.717) is 12.5 Å². The molecule has 0 radical (unpaired) electrons. The van der Waals surface area contributed by atoms with Crippen molar-refractivity contribution in [3.05, 3.63) is 35.6 Å². The van der Waals surface area contributed by atoms with Crippen LogP contribution in [0.5, 0.6) is 0 Å². The van der Waals surface area contributed by atoms with Crippen LogP contribution in [-0.4, -0.2) is 80.6 Å². The van der Waals surface area contributed by atoms with Crippen molar-refractivity contribution in [1.29, 1.82) is 0 Å². The second-order valence-corrected chi connectivity index (χ2v) is 7.25. The summed E-state index contributed by atoms with van der Waals surface area (Å²) in [7, 11) is 3.81. The van der Waals surface area contributed by atoms with Gasteiger partial charge in [0, 0.05) is 59.9 Å². The number of likely N-dealkylation sites (N-methyl/N-ethyl adjacent to an activating group) is 1. The van der Waals surface area contributed by atoms with Crippen LogP contribution in [0.2, 0.25) is 0 Å². The number of nitrogens with zero attached hydrogens (tertiary/aromatic N) is 4. The molecule has 0 bridgehead atoms. The van der Waals surface area contributed by atoms with Gasteiger partial charge in [0.2, 0.25) is 0 Å². The van der Waals surface area contributed by atoms with Crippen molar-refractivity contribution in [3.8, 4) is 0 Å². The Morgan fingerprint density at radius 3 is 2.38 bits per heavy atom. The van der Waals surface area contributed by atoms with Crippen molar-refractivity contribution in [2.24, 2.45) is 10.9 Å². The summed E-state index contributed by atoms with van der Waals surface area (Å²) in [6.07, 6.45) is 0. The Balaban J connectivity index is 1.74. The minimum absolute atomic E-state index is 0.201. The van der Waals surface area contributed by atoms with Gasteiger partial charge in [-0.25, -0.2) is 4.39 Å². The maximum absolute atomic E-state index is 13.0. The molecule has 6 heteroatoms. The van der Waals surface area contributed by atoms with Crippen molar-refractivity contribution in [1.82, 2.24) is 20.0 Å². The highest BCUT2D eigenvalue weighted by Crippen LogP contribution is 2.07. The van der Waals surface area contributed by atoms with Crippen LogP contribution in [0, 0.1) is 11.7 Å². The van der Waals surface area contributed by atoms with Crippen LogP contribution in [0.1, 0.15) is 19.4 Å². The fraction of sp³-hybridized carbons (Fsp3) is 0.650. The van der Waals surface area contributed by atoms with E-state index in [4.69, 9.17) is 0 Å². The molecule has 1 unspecified atom stereocenters. The maximum atomic E-state index is 13.0. The lowest BCUT2D eigenvalue weighted by molar-refractivity contribution is 0.124. The highest BCUT2D eigenvalue weighted by Gasteiger charge is 2.17. The number of benzene rings is 1. The molecule has 0 saturated carbocycles. The Morgan fingerprint density at radius 2 is 1.81 bits per heavy atom. The van der Waals surface area contributed by atoms with Crippen molar-refractivity contribution in [3.63, 3.8) is 0 Å². The Labute approximate surface area is 157 Å². The number of rotatable bonds is 7. The lowest BCUT2D eigenvalue weighted by atomic mass is 10.1. The van der Waals surface area contributed by atoms with E-state index in [1.165, 1.54) is 25.2 Å². The van der Waals surface area contributed by atoms with Gasteiger partial charge in [0.05, 0.1) is 0 Å². The van der Waals surface area contributed by atoms with E-state index in [0.717, 1.165) is 44.2 Å². The monoisotopic (exact) mass is 363 g/mol. The van der Waals surface area contributed by atoms with E-state index in [1.54, 1.807) is 7.05 Å². The molecule has 0 amide bonds. The molecule has 2 rings (SSSR count). The van der Waals surface area contributed by atoms with Crippen LogP contribution in [0.4, 0.5) is 4.39 Å². The van der Waals surface area contributed by atoms with Crippen molar-refractivity contribution >= 4 is 5.96 Å². The predicted molar refractivity (Wildman–Crippen MR) is 107 cm³/mol. The Bertz CT molecular complexity index is 552. The zero-order valence-corrected chi connectivity index (χ0v) is 16.7. The molecule has 1 saturated heterocycles. The summed E-state index contributed by atoms with van der Waals surface area (Å²) in [6, 6.07) is 6.63. The van der Waals surface area contributed by atoms with Gasteiger partial charge in [0.25, 0.3) is 0 Å². The zero-order valence-electron chi connectivity index (χ0n) is 16.7. The van der Waals surface area contributed by atoms with Crippen LogP contribution in [-0.2, 0) is 6.54 Å². The minimum atomic E-state index is -0.201. The van der Waals surface area contributed by atoms with Crippen molar-refractivity contribution in [2.45, 2.75) is 20.4 Å². The Kier molecular flexibility index (Phi) is 8.32. The van der Waals surface area contributed by atoms with E-state index in [2.05, 4.69) is 38.9 Å². The quantitative estimate of drug-likeness (QED) is 0.594. The van der Waals surface area contributed by atoms with Gasteiger partial charge in [-0.3, -0.25) is 4.99 Å². The number of hydrogen-bond acceptors (Lipinski definition) is 3. The molecular formula is C20H34FN5. The molecule has 1 fully saturated rings. The standard InChI is InChI=1S/C20H34FN5/c1-5-25-10-12-26(13-11-25)15-17(2)14-23-20(22-3)24(4)16-18-6-8-19(21)9-7-18/h6-9,17H,5,10-16H2,1-4H3,(H,22,23). The number of halogens is 1. The number of hydrogen-bond donors (Lipinski definition) is 1. The molecule has 1 aliphatic heterocycles. The highest BCUT2D eigenvalue weighted by molar-refractivity contribution is 5.79. The summed E-state index contributed by atoms with van der Waals surface area (Å²) in [5, 5.41) is 3.47. The molecule has 1 heterocycles. The SMILES string of the molecule is CCN1CCN(CC(C)CNC(=NC)N(C)Cc2ccc(F)cc2)CC1. The largest absolute Gasteiger partial charge is 0.356 e. The Morgan fingerprint density at radius 1 is 1.19 bits per heavy atom. The van der Waals surface area contributed by atoms with Crippen molar-refractivity contribution in [2.75, 3.05) is 59.9 Å². The average Bonchev–Trinajstić information content (AvgIpc) is 2.64. The molecule has 5 nitrogen and oxygen atoms in total. The molecule has 26 heavy (non-hydrogen) atoms. The van der Waals surface area contributed by atoms with Crippen LogP contribution >= 0.6 is 0 Å². The van der Waals surface area contributed by atoms with E-state index < -0.39 is 0 Å². The highest BCUT2D eigenvalue weighted by atomic mass is 19.1. The van der Waals surface area contributed by atoms with Crippen molar-refractivity contribution < 1.29 is 4.39 Å². The third-order valence-corrected chi connectivity index (χ3v) is 5.00. The molecule has 0 aliphatic carbocycles. The predicted octanol–water partition coefficient (Wildman–Crippen LogP) is 2.11. The van der Waals surface area contributed by atoms with Gasteiger partial charge in [-0.1, -0.05) is 26.0 Å². The summed E-state index contributed by atoms with van der Waals surface area (Å²) < 4.78 is 13.0. The van der Waals surface area contributed by atoms with Crippen LogP contribution in [0.25, 0.3) is 0 Å². The van der Waals surface area contributed by atoms with Gasteiger partial charge in [-0.15, -0.1) is 0 Å². The summed E-state index contributed by atoms with van der Waals surface area (Å²) >= 11 is 0. The maximum Gasteiger partial charge on any atom is 0.193 e. The first-order valence-corrected chi connectivity index (χ1v) is 9.62. The summed E-state index contributed by atoms with van der Waals surface area (Å²) in [5.74, 6) is 1.23. The molecule has 1 aliphatic rings. The smallest absolute Gasteiger partial charge is 0.193 e. The van der Waals surface area contributed by atoms with Gasteiger partial charge in [0.15, 0.2) is 5.96 Å². The molecule has 1 N–H and O–H groups in total. The molecule has 0 aromatic heterocycles. The average molecular weight is 364 g/mol. The van der Waals surface area contributed by atoms with E-state index in [-0.39, 0.29) is 5.82 Å². The molecule has 146 valence electrons. The molecule has 1 aromatic carbocycles. The van der Waals surface area contributed by atoms with E-state index >= 15 is 0 Å². The lowest BCUT2D eigenvalue weighted by Gasteiger charge is -2.35. The van der Waals surface area contributed by atoms with Crippen LogP contribution in [0.3, 0.4) is 0 Å². The fourth-order valence-corrected chi connectivity index (χ4v) is 3.38. The summed E-state index contributed by atoms with van der Waals surface area (Å²) in [6.45, 7) is 13.1. The van der Waals surface area contributed by atoms with Crippen LogP contribution < -0.4 is 5.32 Å². The van der Waals surface area contributed by atoms with E-state index in [9.17, 15) is 4.39 Å². The third-order valence-electron chi connectivity index (χ3n) is 5.00. The number of piperazine rings is 1. The van der Waals surface area contributed by atoms with Gasteiger partial charge < -0.3 is 20.0 Å². The molecule has 0 spiro atoms. The second kappa shape index (κ2) is 10.5.